The zero-order valence-corrected chi connectivity index (χ0v) is 10.5. The quantitative estimate of drug-likeness (QED) is 0.766. The highest BCUT2D eigenvalue weighted by molar-refractivity contribution is 5.83. The summed E-state index contributed by atoms with van der Waals surface area (Å²) in [6, 6.07) is 0.452. The molecule has 2 fully saturated rings. The van der Waals surface area contributed by atoms with Gasteiger partial charge in [-0.05, 0) is 44.6 Å². The van der Waals surface area contributed by atoms with Crippen molar-refractivity contribution in [3.63, 3.8) is 0 Å². The molecule has 0 aromatic heterocycles. The Morgan fingerprint density at radius 2 is 2.25 bits per heavy atom. The second-order valence-corrected chi connectivity index (χ2v) is 5.66. The van der Waals surface area contributed by atoms with E-state index in [4.69, 9.17) is 0 Å². The highest BCUT2D eigenvalue weighted by Crippen LogP contribution is 2.32. The maximum absolute atomic E-state index is 12.3. The lowest BCUT2D eigenvalue weighted by molar-refractivity contribution is -0.134. The predicted molar refractivity (Wildman–Crippen MR) is 65.2 cm³/mol. The summed E-state index contributed by atoms with van der Waals surface area (Å²) in [6.45, 7) is 6.31. The van der Waals surface area contributed by atoms with Crippen molar-refractivity contribution in [1.29, 1.82) is 0 Å². The average molecular weight is 224 g/mol. The first-order chi connectivity index (χ1) is 7.66. The van der Waals surface area contributed by atoms with Gasteiger partial charge in [0.2, 0.25) is 5.91 Å². The molecule has 0 aromatic rings. The molecule has 0 radical (unpaired) electrons. The molecule has 3 nitrogen and oxygen atoms in total. The van der Waals surface area contributed by atoms with Crippen molar-refractivity contribution in [3.8, 4) is 0 Å². The summed E-state index contributed by atoms with van der Waals surface area (Å²) in [7, 11) is 0. The fourth-order valence-electron chi connectivity index (χ4n) is 2.98. The van der Waals surface area contributed by atoms with Gasteiger partial charge in [0, 0.05) is 12.6 Å². The second-order valence-electron chi connectivity index (χ2n) is 5.66. The summed E-state index contributed by atoms with van der Waals surface area (Å²) in [5.74, 6) is 1.09. The molecule has 2 N–H and O–H groups in total. The van der Waals surface area contributed by atoms with Crippen molar-refractivity contribution in [2.45, 2.75) is 52.0 Å². The Labute approximate surface area is 98.4 Å². The lowest BCUT2D eigenvalue weighted by atomic mass is 9.75. The number of carbonyl (C=O) groups excluding carboxylic acids is 1. The van der Waals surface area contributed by atoms with Crippen LogP contribution in [-0.2, 0) is 4.79 Å². The van der Waals surface area contributed by atoms with Gasteiger partial charge in [0.15, 0.2) is 0 Å². The Hall–Kier alpha value is -0.570. The molecule has 1 atom stereocenters. The van der Waals surface area contributed by atoms with Crippen LogP contribution in [0.1, 0.15) is 46.0 Å². The van der Waals surface area contributed by atoms with E-state index in [2.05, 4.69) is 24.5 Å². The highest BCUT2D eigenvalue weighted by Gasteiger charge is 2.39. The van der Waals surface area contributed by atoms with Crippen molar-refractivity contribution in [2.24, 2.45) is 11.3 Å². The summed E-state index contributed by atoms with van der Waals surface area (Å²) in [6.07, 6.45) is 5.46. The van der Waals surface area contributed by atoms with E-state index in [1.54, 1.807) is 0 Å². The average Bonchev–Trinajstić information content (AvgIpc) is 2.28. The zero-order valence-electron chi connectivity index (χ0n) is 10.5. The number of amides is 1. The second kappa shape index (κ2) is 4.74. The maximum Gasteiger partial charge on any atom is 0.227 e. The molecule has 1 unspecified atom stereocenters. The van der Waals surface area contributed by atoms with Gasteiger partial charge >= 0.3 is 0 Å². The number of carbonyl (C=O) groups is 1. The van der Waals surface area contributed by atoms with Crippen LogP contribution in [0, 0.1) is 11.3 Å². The van der Waals surface area contributed by atoms with Gasteiger partial charge in [-0.1, -0.05) is 13.8 Å². The van der Waals surface area contributed by atoms with Crippen molar-refractivity contribution in [3.05, 3.63) is 0 Å². The molecule has 3 heteroatoms. The van der Waals surface area contributed by atoms with Crippen molar-refractivity contribution in [1.82, 2.24) is 10.6 Å². The molecule has 1 amide bonds. The van der Waals surface area contributed by atoms with Gasteiger partial charge in [0.05, 0.1) is 5.41 Å². The molecule has 1 aliphatic carbocycles. The van der Waals surface area contributed by atoms with E-state index in [0.29, 0.717) is 11.9 Å². The van der Waals surface area contributed by atoms with E-state index in [-0.39, 0.29) is 5.41 Å². The molecule has 92 valence electrons. The fourth-order valence-corrected chi connectivity index (χ4v) is 2.98. The van der Waals surface area contributed by atoms with E-state index in [1.807, 2.05) is 0 Å². The summed E-state index contributed by atoms with van der Waals surface area (Å²) >= 11 is 0. The summed E-state index contributed by atoms with van der Waals surface area (Å²) in [5, 5.41) is 6.59. The topological polar surface area (TPSA) is 41.1 Å². The SMILES string of the molecule is CCC1(C(=O)NC2CC(C)C2)CCCNC1. The molecule has 1 heterocycles. The maximum atomic E-state index is 12.3. The van der Waals surface area contributed by atoms with Gasteiger partial charge in [-0.3, -0.25) is 4.79 Å². The van der Waals surface area contributed by atoms with E-state index < -0.39 is 0 Å². The number of nitrogens with one attached hydrogen (secondary N) is 2. The third-order valence-electron chi connectivity index (χ3n) is 4.34. The van der Waals surface area contributed by atoms with E-state index in [0.717, 1.165) is 38.3 Å². The van der Waals surface area contributed by atoms with E-state index in [1.165, 1.54) is 12.8 Å². The van der Waals surface area contributed by atoms with Crippen LogP contribution in [0.2, 0.25) is 0 Å². The van der Waals surface area contributed by atoms with Crippen LogP contribution in [0.15, 0.2) is 0 Å². The minimum Gasteiger partial charge on any atom is -0.353 e. The van der Waals surface area contributed by atoms with Gasteiger partial charge in [-0.25, -0.2) is 0 Å². The molecule has 0 bridgehead atoms. The van der Waals surface area contributed by atoms with Gasteiger partial charge in [0.25, 0.3) is 0 Å². The number of hydrogen-bond donors (Lipinski definition) is 2. The van der Waals surface area contributed by atoms with E-state index >= 15 is 0 Å². The van der Waals surface area contributed by atoms with Gasteiger partial charge in [-0.2, -0.15) is 0 Å². The Bertz CT molecular complexity index is 253. The van der Waals surface area contributed by atoms with Crippen LogP contribution in [0.25, 0.3) is 0 Å². The minimum atomic E-state index is -0.128. The molecule has 1 saturated carbocycles. The fraction of sp³-hybridized carbons (Fsp3) is 0.923. The Morgan fingerprint density at radius 3 is 2.75 bits per heavy atom. The van der Waals surface area contributed by atoms with Crippen LogP contribution >= 0.6 is 0 Å². The van der Waals surface area contributed by atoms with Gasteiger partial charge in [0.1, 0.15) is 0 Å². The summed E-state index contributed by atoms with van der Waals surface area (Å²) in [5.41, 5.74) is -0.128. The van der Waals surface area contributed by atoms with Crippen LogP contribution in [0.3, 0.4) is 0 Å². The van der Waals surface area contributed by atoms with Crippen LogP contribution in [0.5, 0.6) is 0 Å². The number of rotatable bonds is 3. The van der Waals surface area contributed by atoms with Crippen molar-refractivity contribution in [2.75, 3.05) is 13.1 Å². The smallest absolute Gasteiger partial charge is 0.227 e. The van der Waals surface area contributed by atoms with Gasteiger partial charge in [-0.15, -0.1) is 0 Å². The molecule has 1 saturated heterocycles. The summed E-state index contributed by atoms with van der Waals surface area (Å²) < 4.78 is 0. The monoisotopic (exact) mass is 224 g/mol. The largest absolute Gasteiger partial charge is 0.353 e. The van der Waals surface area contributed by atoms with Gasteiger partial charge < -0.3 is 10.6 Å². The molecular formula is C13H24N2O. The first-order valence-electron chi connectivity index (χ1n) is 6.68. The first kappa shape index (κ1) is 11.9. The predicted octanol–water partition coefficient (Wildman–Crippen LogP) is 1.68. The third-order valence-corrected chi connectivity index (χ3v) is 4.34. The molecule has 0 spiro atoms. The minimum absolute atomic E-state index is 0.128. The number of hydrogen-bond acceptors (Lipinski definition) is 2. The third kappa shape index (κ3) is 2.24. The Morgan fingerprint density at radius 1 is 1.50 bits per heavy atom. The zero-order chi connectivity index (χ0) is 11.6. The summed E-state index contributed by atoms with van der Waals surface area (Å²) in [4.78, 5) is 12.3. The lowest BCUT2D eigenvalue weighted by Gasteiger charge is -2.40. The molecule has 2 rings (SSSR count). The first-order valence-corrected chi connectivity index (χ1v) is 6.68. The van der Waals surface area contributed by atoms with Crippen LogP contribution in [0.4, 0.5) is 0 Å². The molecule has 1 aliphatic heterocycles. The normalized spacial score (nSPS) is 38.9. The van der Waals surface area contributed by atoms with Crippen molar-refractivity contribution < 1.29 is 4.79 Å². The lowest BCUT2D eigenvalue weighted by Crippen LogP contribution is -2.54. The molecule has 16 heavy (non-hydrogen) atoms. The van der Waals surface area contributed by atoms with E-state index in [9.17, 15) is 4.79 Å². The Balaban J connectivity index is 1.90. The molecular weight excluding hydrogens is 200 g/mol. The number of piperidine rings is 1. The molecule has 2 aliphatic rings. The van der Waals surface area contributed by atoms with Crippen LogP contribution < -0.4 is 10.6 Å². The van der Waals surface area contributed by atoms with Crippen LogP contribution in [-0.4, -0.2) is 25.0 Å². The standard InChI is InChI=1S/C13H24N2O/c1-3-13(5-4-6-14-9-13)12(16)15-11-7-10(2)8-11/h10-11,14H,3-9H2,1-2H3,(H,15,16). The Kier molecular flexibility index (Phi) is 3.53. The highest BCUT2D eigenvalue weighted by atomic mass is 16.2. The van der Waals surface area contributed by atoms with Crippen molar-refractivity contribution >= 4 is 5.91 Å². The molecule has 0 aromatic carbocycles.